The Bertz CT molecular complexity index is 1060. The molecule has 168 valence electrons. The molecule has 1 atom stereocenters. The summed E-state index contributed by atoms with van der Waals surface area (Å²) in [6.07, 6.45) is 8.12. The molecule has 2 aliphatic heterocycles. The Hall–Kier alpha value is -2.22. The van der Waals surface area contributed by atoms with Crippen molar-refractivity contribution in [3.8, 4) is 0 Å². The highest BCUT2D eigenvalue weighted by Gasteiger charge is 2.32. The Balaban J connectivity index is 1.18. The van der Waals surface area contributed by atoms with Gasteiger partial charge in [-0.15, -0.1) is 0 Å². The van der Waals surface area contributed by atoms with Crippen LogP contribution in [0.5, 0.6) is 0 Å². The fraction of sp³-hybridized carbons (Fsp3) is 0.478. The number of imidazole rings is 1. The first-order valence-electron chi connectivity index (χ1n) is 11.2. The minimum Gasteiger partial charge on any atom is -0.340 e. The molecule has 5 rings (SSSR count). The first-order chi connectivity index (χ1) is 15.6. The van der Waals surface area contributed by atoms with Crippen molar-refractivity contribution in [2.45, 2.75) is 44.1 Å². The van der Waals surface area contributed by atoms with Crippen LogP contribution in [0.2, 0.25) is 10.0 Å². The smallest absolute Gasteiger partial charge is 0.224 e. The van der Waals surface area contributed by atoms with E-state index in [4.69, 9.17) is 28.2 Å². The Morgan fingerprint density at radius 1 is 1.06 bits per heavy atom. The van der Waals surface area contributed by atoms with E-state index in [1.807, 2.05) is 23.4 Å². The maximum Gasteiger partial charge on any atom is 0.224 e. The van der Waals surface area contributed by atoms with Gasteiger partial charge >= 0.3 is 0 Å². The van der Waals surface area contributed by atoms with E-state index in [1.165, 1.54) is 0 Å². The number of piperidine rings is 1. The Morgan fingerprint density at radius 3 is 2.59 bits per heavy atom. The number of nitrogens with zero attached hydrogens (tertiary/aromatic N) is 5. The van der Waals surface area contributed by atoms with E-state index < -0.39 is 0 Å². The van der Waals surface area contributed by atoms with Crippen LogP contribution in [0.1, 0.15) is 55.7 Å². The molecule has 2 fully saturated rings. The predicted octanol–water partition coefficient (Wildman–Crippen LogP) is 4.59. The third-order valence-electron chi connectivity index (χ3n) is 6.61. The SMILES string of the molecule is O=C(CCN1CCC(c2ncccn2)CC1)N1CCC[C@H]1c1nc2cc(Cl)c(Cl)cc2[nH]1. The van der Waals surface area contributed by atoms with Gasteiger partial charge in [-0.05, 0) is 57.0 Å². The van der Waals surface area contributed by atoms with Gasteiger partial charge in [-0.2, -0.15) is 0 Å². The molecule has 2 aliphatic rings. The number of amides is 1. The first-order valence-corrected chi connectivity index (χ1v) is 12.0. The number of rotatable bonds is 5. The molecule has 0 spiro atoms. The second-order valence-electron chi connectivity index (χ2n) is 8.62. The average molecular weight is 473 g/mol. The standard InChI is InChI=1S/C23H26Cl2N6O/c24-16-13-18-19(14-17(16)25)29-23(28-18)20-3-1-9-31(20)21(32)6-12-30-10-4-15(5-11-30)22-26-7-2-8-27-22/h2,7-8,13-15,20H,1,3-6,9-12H2,(H,28,29)/t20-/m0/s1. The van der Waals surface area contributed by atoms with Crippen LogP contribution in [0.3, 0.4) is 0 Å². The molecule has 1 N–H and O–H groups in total. The quantitative estimate of drug-likeness (QED) is 0.587. The number of benzene rings is 1. The molecule has 0 bridgehead atoms. The highest BCUT2D eigenvalue weighted by molar-refractivity contribution is 6.42. The normalized spacial score (nSPS) is 20.3. The second kappa shape index (κ2) is 9.33. The molecule has 1 amide bonds. The molecule has 32 heavy (non-hydrogen) atoms. The van der Waals surface area contributed by atoms with Crippen molar-refractivity contribution < 1.29 is 4.79 Å². The summed E-state index contributed by atoms with van der Waals surface area (Å²) in [6.45, 7) is 3.51. The topological polar surface area (TPSA) is 78.0 Å². The molecule has 3 aromatic rings. The van der Waals surface area contributed by atoms with E-state index in [-0.39, 0.29) is 11.9 Å². The molecular weight excluding hydrogens is 447 g/mol. The van der Waals surface area contributed by atoms with Gasteiger partial charge < -0.3 is 14.8 Å². The lowest BCUT2D eigenvalue weighted by molar-refractivity contribution is -0.132. The molecule has 0 aliphatic carbocycles. The molecule has 4 heterocycles. The number of likely N-dealkylation sites (tertiary alicyclic amines) is 2. The Labute approximate surface area is 197 Å². The van der Waals surface area contributed by atoms with E-state index >= 15 is 0 Å². The lowest BCUT2D eigenvalue weighted by Gasteiger charge is -2.31. The van der Waals surface area contributed by atoms with Crippen LogP contribution < -0.4 is 0 Å². The van der Waals surface area contributed by atoms with Gasteiger partial charge in [0, 0.05) is 37.8 Å². The molecule has 1 aromatic carbocycles. The third kappa shape index (κ3) is 4.47. The second-order valence-corrected chi connectivity index (χ2v) is 9.44. The maximum absolute atomic E-state index is 13.1. The van der Waals surface area contributed by atoms with E-state index in [0.29, 0.717) is 22.4 Å². The monoisotopic (exact) mass is 472 g/mol. The zero-order chi connectivity index (χ0) is 22.1. The fourth-order valence-electron chi connectivity index (χ4n) is 4.87. The minimum atomic E-state index is -0.0200. The van der Waals surface area contributed by atoms with Crippen molar-refractivity contribution in [1.82, 2.24) is 29.7 Å². The van der Waals surface area contributed by atoms with Crippen molar-refractivity contribution in [1.29, 1.82) is 0 Å². The molecule has 2 saturated heterocycles. The third-order valence-corrected chi connectivity index (χ3v) is 7.33. The summed E-state index contributed by atoms with van der Waals surface area (Å²) < 4.78 is 0. The lowest BCUT2D eigenvalue weighted by Crippen LogP contribution is -2.38. The van der Waals surface area contributed by atoms with E-state index in [1.54, 1.807) is 12.1 Å². The number of aromatic nitrogens is 4. The van der Waals surface area contributed by atoms with E-state index in [9.17, 15) is 4.79 Å². The van der Waals surface area contributed by atoms with Crippen molar-refractivity contribution in [2.75, 3.05) is 26.2 Å². The van der Waals surface area contributed by atoms with Crippen LogP contribution in [0.15, 0.2) is 30.6 Å². The maximum atomic E-state index is 13.1. The van der Waals surface area contributed by atoms with Gasteiger partial charge in [0.05, 0.1) is 27.1 Å². The Kier molecular flexibility index (Phi) is 6.31. The van der Waals surface area contributed by atoms with Crippen molar-refractivity contribution in [2.24, 2.45) is 0 Å². The zero-order valence-electron chi connectivity index (χ0n) is 17.8. The van der Waals surface area contributed by atoms with Gasteiger partial charge in [0.2, 0.25) is 5.91 Å². The number of carbonyl (C=O) groups excluding carboxylic acids is 1. The number of halogens is 2. The molecular formula is C23H26Cl2N6O. The van der Waals surface area contributed by atoms with Crippen LogP contribution in [0.4, 0.5) is 0 Å². The molecule has 2 aromatic heterocycles. The number of fused-ring (bicyclic) bond motifs is 1. The van der Waals surface area contributed by atoms with E-state index in [0.717, 1.165) is 74.5 Å². The number of hydrogen-bond donors (Lipinski definition) is 1. The molecule has 0 radical (unpaired) electrons. The van der Waals surface area contributed by atoms with Gasteiger partial charge in [-0.3, -0.25) is 4.79 Å². The highest BCUT2D eigenvalue weighted by Crippen LogP contribution is 2.34. The molecule has 0 saturated carbocycles. The largest absolute Gasteiger partial charge is 0.340 e. The molecule has 9 heteroatoms. The van der Waals surface area contributed by atoms with Crippen LogP contribution in [-0.2, 0) is 4.79 Å². The van der Waals surface area contributed by atoms with Crippen LogP contribution in [0.25, 0.3) is 11.0 Å². The van der Waals surface area contributed by atoms with Crippen LogP contribution in [-0.4, -0.2) is 61.8 Å². The van der Waals surface area contributed by atoms with Crippen LogP contribution in [0, 0.1) is 0 Å². The van der Waals surface area contributed by atoms with Gasteiger partial charge in [0.1, 0.15) is 11.6 Å². The number of hydrogen-bond acceptors (Lipinski definition) is 5. The van der Waals surface area contributed by atoms with Gasteiger partial charge in [-0.1, -0.05) is 23.2 Å². The summed E-state index contributed by atoms with van der Waals surface area (Å²) in [5, 5.41) is 0.982. The first kappa shape index (κ1) is 21.6. The fourth-order valence-corrected chi connectivity index (χ4v) is 5.19. The van der Waals surface area contributed by atoms with Gasteiger partial charge in [0.25, 0.3) is 0 Å². The lowest BCUT2D eigenvalue weighted by atomic mass is 9.96. The van der Waals surface area contributed by atoms with Crippen molar-refractivity contribution in [3.05, 3.63) is 52.3 Å². The summed E-state index contributed by atoms with van der Waals surface area (Å²) in [6, 6.07) is 5.39. The summed E-state index contributed by atoms with van der Waals surface area (Å²) >= 11 is 12.3. The van der Waals surface area contributed by atoms with Gasteiger partial charge in [-0.25, -0.2) is 15.0 Å². The average Bonchev–Trinajstić information content (AvgIpc) is 3.46. The number of H-pyrrole nitrogens is 1. The summed E-state index contributed by atoms with van der Waals surface area (Å²) in [4.78, 5) is 34.3. The van der Waals surface area contributed by atoms with Crippen molar-refractivity contribution >= 4 is 40.1 Å². The van der Waals surface area contributed by atoms with Crippen LogP contribution >= 0.6 is 23.2 Å². The minimum absolute atomic E-state index is 0.0200. The number of aromatic amines is 1. The number of nitrogens with one attached hydrogen (secondary N) is 1. The Morgan fingerprint density at radius 2 is 1.81 bits per heavy atom. The van der Waals surface area contributed by atoms with Crippen molar-refractivity contribution in [3.63, 3.8) is 0 Å². The van der Waals surface area contributed by atoms with E-state index in [2.05, 4.69) is 19.9 Å². The zero-order valence-corrected chi connectivity index (χ0v) is 19.3. The summed E-state index contributed by atoms with van der Waals surface area (Å²) in [5.74, 6) is 2.36. The summed E-state index contributed by atoms with van der Waals surface area (Å²) in [7, 11) is 0. The molecule has 0 unspecified atom stereocenters. The van der Waals surface area contributed by atoms with Gasteiger partial charge in [0.15, 0.2) is 0 Å². The molecule has 7 nitrogen and oxygen atoms in total. The number of carbonyl (C=O) groups is 1. The summed E-state index contributed by atoms with van der Waals surface area (Å²) in [5.41, 5.74) is 1.62. The highest BCUT2D eigenvalue weighted by atomic mass is 35.5. The predicted molar refractivity (Wildman–Crippen MR) is 125 cm³/mol.